The number of carbonyl (C=O) groups excluding carboxylic acids is 1. The highest BCUT2D eigenvalue weighted by Crippen LogP contribution is 2.54. The Morgan fingerprint density at radius 3 is 2.73 bits per heavy atom. The molecule has 3 rings (SSSR count). The summed E-state index contributed by atoms with van der Waals surface area (Å²) in [7, 11) is 0. The third-order valence-corrected chi connectivity index (χ3v) is 5.84. The molecule has 1 heterocycles. The number of halogens is 4. The summed E-state index contributed by atoms with van der Waals surface area (Å²) >= 11 is 6.76. The van der Waals surface area contributed by atoms with Crippen molar-refractivity contribution < 1.29 is 18.0 Å². The number of urea groups is 1. The molecule has 1 fully saturated rings. The van der Waals surface area contributed by atoms with Gasteiger partial charge in [-0.3, -0.25) is 0 Å². The van der Waals surface area contributed by atoms with Crippen molar-refractivity contribution in [3.05, 3.63) is 28.8 Å². The Labute approximate surface area is 135 Å². The van der Waals surface area contributed by atoms with E-state index in [0.29, 0.717) is 11.7 Å². The Bertz CT molecular complexity index is 606. The molecule has 0 radical (unpaired) electrons. The normalized spacial score (nSPS) is 25.0. The van der Waals surface area contributed by atoms with Crippen molar-refractivity contribution in [1.29, 1.82) is 0 Å². The molecule has 0 spiro atoms. The number of fused-ring (bicyclic) bond motifs is 1. The van der Waals surface area contributed by atoms with E-state index in [1.165, 1.54) is 18.2 Å². The van der Waals surface area contributed by atoms with Gasteiger partial charge in [-0.2, -0.15) is 13.2 Å². The fourth-order valence-corrected chi connectivity index (χ4v) is 4.12. The minimum Gasteiger partial charge on any atom is -0.336 e. The molecule has 22 heavy (non-hydrogen) atoms. The number of carbonyl (C=O) groups is 1. The van der Waals surface area contributed by atoms with Gasteiger partial charge in [0.05, 0.1) is 0 Å². The fourth-order valence-electron chi connectivity index (χ4n) is 2.43. The number of thioether (sulfide) groups is 1. The van der Waals surface area contributed by atoms with Crippen LogP contribution in [0.2, 0.25) is 5.02 Å². The molecule has 1 unspecified atom stereocenters. The number of alkyl halides is 3. The summed E-state index contributed by atoms with van der Waals surface area (Å²) in [6.45, 7) is -0.507. The molecular weight excluding hydrogens is 337 g/mol. The van der Waals surface area contributed by atoms with Crippen LogP contribution in [0.25, 0.3) is 0 Å². The average Bonchev–Trinajstić information content (AvgIpc) is 3.24. The molecular formula is C14H14ClF3N2OS. The molecule has 2 N–H and O–H groups in total. The summed E-state index contributed by atoms with van der Waals surface area (Å²) in [5.74, 6) is 0.750. The smallest absolute Gasteiger partial charge is 0.336 e. The lowest BCUT2D eigenvalue weighted by Crippen LogP contribution is -2.47. The van der Waals surface area contributed by atoms with Crippen LogP contribution >= 0.6 is 23.4 Å². The van der Waals surface area contributed by atoms with Crippen molar-refractivity contribution in [2.75, 3.05) is 17.6 Å². The Kier molecular flexibility index (Phi) is 3.97. The number of nitrogens with one attached hydrogen (secondary N) is 2. The summed E-state index contributed by atoms with van der Waals surface area (Å²) in [4.78, 5) is 11.7. The van der Waals surface area contributed by atoms with Crippen LogP contribution in [0.1, 0.15) is 18.4 Å². The van der Waals surface area contributed by atoms with E-state index in [2.05, 4.69) is 10.6 Å². The van der Waals surface area contributed by atoms with Gasteiger partial charge in [-0.05, 0) is 42.7 Å². The standard InChI is InChI=1S/C14H14ClF3N2OS/c15-9-3-4-11-10(5-9)13(14(16,17)18,7-19-12(21)20-11)22-6-8-1-2-8/h3-5,8H,1-2,6-7H2,(H2,19,20,21). The molecule has 1 aliphatic heterocycles. The second-order valence-electron chi connectivity index (χ2n) is 5.58. The molecule has 120 valence electrons. The van der Waals surface area contributed by atoms with Crippen LogP contribution < -0.4 is 10.6 Å². The van der Waals surface area contributed by atoms with Crippen molar-refractivity contribution in [3.8, 4) is 0 Å². The predicted octanol–water partition coefficient (Wildman–Crippen LogP) is 4.38. The second kappa shape index (κ2) is 5.53. The third kappa shape index (κ3) is 2.88. The Balaban J connectivity index is 2.10. The second-order valence-corrected chi connectivity index (χ2v) is 7.33. The van der Waals surface area contributed by atoms with E-state index in [1.807, 2.05) is 0 Å². The van der Waals surface area contributed by atoms with Gasteiger partial charge in [-0.15, -0.1) is 11.8 Å². The first-order valence-corrected chi connectivity index (χ1v) is 8.24. The van der Waals surface area contributed by atoms with Crippen molar-refractivity contribution in [2.45, 2.75) is 23.8 Å². The highest BCUT2D eigenvalue weighted by atomic mass is 35.5. The highest BCUT2D eigenvalue weighted by Gasteiger charge is 2.58. The third-order valence-electron chi connectivity index (χ3n) is 3.88. The number of hydrogen-bond acceptors (Lipinski definition) is 2. The zero-order valence-corrected chi connectivity index (χ0v) is 13.0. The van der Waals surface area contributed by atoms with E-state index in [0.717, 1.165) is 24.6 Å². The van der Waals surface area contributed by atoms with Crippen LogP contribution in [0.15, 0.2) is 18.2 Å². The maximum absolute atomic E-state index is 13.9. The van der Waals surface area contributed by atoms with E-state index < -0.39 is 23.5 Å². The number of amides is 2. The van der Waals surface area contributed by atoms with E-state index in [1.54, 1.807) is 0 Å². The Hall–Kier alpha value is -1.08. The first kappa shape index (κ1) is 15.8. The summed E-state index contributed by atoms with van der Waals surface area (Å²) in [6.07, 6.45) is -2.58. The van der Waals surface area contributed by atoms with Crippen LogP contribution in [-0.2, 0) is 4.75 Å². The molecule has 3 nitrogen and oxygen atoms in total. The van der Waals surface area contributed by atoms with Gasteiger partial charge in [-0.1, -0.05) is 11.6 Å². The van der Waals surface area contributed by atoms with Gasteiger partial charge in [-0.25, -0.2) is 4.79 Å². The number of benzene rings is 1. The molecule has 0 bridgehead atoms. The lowest BCUT2D eigenvalue weighted by atomic mass is 9.95. The Morgan fingerprint density at radius 2 is 2.09 bits per heavy atom. The van der Waals surface area contributed by atoms with E-state index in [-0.39, 0.29) is 16.3 Å². The van der Waals surface area contributed by atoms with Gasteiger partial charge < -0.3 is 10.6 Å². The summed E-state index contributed by atoms with van der Waals surface area (Å²) in [6, 6.07) is 3.55. The number of rotatable bonds is 3. The maximum atomic E-state index is 13.9. The minimum atomic E-state index is -4.51. The first-order chi connectivity index (χ1) is 10.3. The van der Waals surface area contributed by atoms with Crippen LogP contribution in [0.3, 0.4) is 0 Å². The largest absolute Gasteiger partial charge is 0.409 e. The molecule has 0 saturated heterocycles. The van der Waals surface area contributed by atoms with E-state index in [9.17, 15) is 18.0 Å². The quantitative estimate of drug-likeness (QED) is 0.849. The van der Waals surface area contributed by atoms with Crippen LogP contribution in [0, 0.1) is 5.92 Å². The molecule has 8 heteroatoms. The molecule has 0 aromatic heterocycles. The molecule has 2 aliphatic rings. The zero-order chi connectivity index (χ0) is 16.0. The van der Waals surface area contributed by atoms with Crippen LogP contribution in [-0.4, -0.2) is 24.5 Å². The zero-order valence-electron chi connectivity index (χ0n) is 11.5. The summed E-state index contributed by atoms with van der Waals surface area (Å²) in [5.41, 5.74) is 0.163. The summed E-state index contributed by atoms with van der Waals surface area (Å²) in [5, 5.41) is 4.99. The molecule has 1 atom stereocenters. The maximum Gasteiger partial charge on any atom is 0.409 e. The van der Waals surface area contributed by atoms with Gasteiger partial charge >= 0.3 is 12.2 Å². The molecule has 1 aromatic rings. The van der Waals surface area contributed by atoms with Gasteiger partial charge in [0.15, 0.2) is 4.75 Å². The topological polar surface area (TPSA) is 41.1 Å². The fraction of sp³-hybridized carbons (Fsp3) is 0.500. The average molecular weight is 351 g/mol. The highest BCUT2D eigenvalue weighted by molar-refractivity contribution is 8.00. The predicted molar refractivity (Wildman–Crippen MR) is 81.4 cm³/mol. The van der Waals surface area contributed by atoms with Crippen molar-refractivity contribution in [1.82, 2.24) is 5.32 Å². The minimum absolute atomic E-state index is 0.0106. The van der Waals surface area contributed by atoms with Crippen molar-refractivity contribution in [2.24, 2.45) is 5.92 Å². The molecule has 1 aliphatic carbocycles. The van der Waals surface area contributed by atoms with Crippen molar-refractivity contribution >= 4 is 35.1 Å². The van der Waals surface area contributed by atoms with Crippen LogP contribution in [0.4, 0.5) is 23.7 Å². The number of anilines is 1. The first-order valence-electron chi connectivity index (χ1n) is 6.87. The lowest BCUT2D eigenvalue weighted by molar-refractivity contribution is -0.160. The van der Waals surface area contributed by atoms with Crippen molar-refractivity contribution in [3.63, 3.8) is 0 Å². The van der Waals surface area contributed by atoms with Gasteiger partial charge in [0, 0.05) is 22.8 Å². The van der Waals surface area contributed by atoms with Gasteiger partial charge in [0.1, 0.15) is 0 Å². The van der Waals surface area contributed by atoms with Crippen LogP contribution in [0.5, 0.6) is 0 Å². The van der Waals surface area contributed by atoms with E-state index >= 15 is 0 Å². The molecule has 1 saturated carbocycles. The van der Waals surface area contributed by atoms with E-state index in [4.69, 9.17) is 11.6 Å². The monoisotopic (exact) mass is 350 g/mol. The molecule has 1 aromatic carbocycles. The SMILES string of the molecule is O=C1NCC(SCC2CC2)(C(F)(F)F)c2cc(Cl)ccc2N1. The number of hydrogen-bond donors (Lipinski definition) is 2. The molecule has 2 amide bonds. The van der Waals surface area contributed by atoms with Gasteiger partial charge in [0.2, 0.25) is 0 Å². The van der Waals surface area contributed by atoms with Gasteiger partial charge in [0.25, 0.3) is 0 Å². The summed E-state index contributed by atoms with van der Waals surface area (Å²) < 4.78 is 39.6. The lowest BCUT2D eigenvalue weighted by Gasteiger charge is -2.35. The Morgan fingerprint density at radius 1 is 1.36 bits per heavy atom.